The predicted octanol–water partition coefficient (Wildman–Crippen LogP) is 2.89. The summed E-state index contributed by atoms with van der Waals surface area (Å²) in [4.78, 5) is 6.82. The number of aryl methyl sites for hydroxylation is 1. The van der Waals surface area contributed by atoms with Gasteiger partial charge in [0.1, 0.15) is 12.4 Å². The van der Waals surface area contributed by atoms with Crippen LogP contribution in [-0.2, 0) is 0 Å². The summed E-state index contributed by atoms with van der Waals surface area (Å²) in [6, 6.07) is 8.13. The second-order valence-electron chi connectivity index (χ2n) is 6.44. The zero-order chi connectivity index (χ0) is 17.2. The Hall–Kier alpha value is -1.02. The lowest BCUT2D eigenvalue weighted by atomic mass is 9.98. The number of hydrogen-bond acceptors (Lipinski definition) is 3. The summed E-state index contributed by atoms with van der Waals surface area (Å²) < 4.78 is 5.73. The number of halogens is 1. The van der Waals surface area contributed by atoms with Crippen molar-refractivity contribution in [3.63, 3.8) is 0 Å². The van der Waals surface area contributed by atoms with Crippen molar-refractivity contribution in [1.82, 2.24) is 15.5 Å². The number of ether oxygens (including phenoxy) is 1. The number of piperidine rings is 1. The van der Waals surface area contributed by atoms with Crippen LogP contribution in [0.2, 0.25) is 0 Å². The van der Waals surface area contributed by atoms with Gasteiger partial charge in [0.05, 0.1) is 6.54 Å². The SMILES string of the molecule is CCN1CCCC(CNC(=NC)NCCOc2ccc(C)cc2)C1.I. The average molecular weight is 460 g/mol. The first-order valence-electron chi connectivity index (χ1n) is 9.07. The van der Waals surface area contributed by atoms with Crippen molar-refractivity contribution >= 4 is 29.9 Å². The molecule has 1 saturated heterocycles. The molecule has 1 atom stereocenters. The second kappa shape index (κ2) is 12.4. The van der Waals surface area contributed by atoms with Crippen LogP contribution in [0.5, 0.6) is 5.75 Å². The largest absolute Gasteiger partial charge is 0.492 e. The minimum atomic E-state index is 0. The van der Waals surface area contributed by atoms with Crippen molar-refractivity contribution in [2.45, 2.75) is 26.7 Å². The Morgan fingerprint density at radius 3 is 2.72 bits per heavy atom. The minimum Gasteiger partial charge on any atom is -0.492 e. The van der Waals surface area contributed by atoms with Crippen LogP contribution in [0.3, 0.4) is 0 Å². The van der Waals surface area contributed by atoms with Gasteiger partial charge in [-0.25, -0.2) is 0 Å². The highest BCUT2D eigenvalue weighted by molar-refractivity contribution is 14.0. The highest BCUT2D eigenvalue weighted by atomic mass is 127. The average Bonchev–Trinajstić information content (AvgIpc) is 2.63. The monoisotopic (exact) mass is 460 g/mol. The highest BCUT2D eigenvalue weighted by Crippen LogP contribution is 2.15. The molecular weight excluding hydrogens is 427 g/mol. The fourth-order valence-corrected chi connectivity index (χ4v) is 3.04. The van der Waals surface area contributed by atoms with Gasteiger partial charge in [-0.3, -0.25) is 4.99 Å². The number of hydrogen-bond donors (Lipinski definition) is 2. The van der Waals surface area contributed by atoms with Gasteiger partial charge < -0.3 is 20.3 Å². The third-order valence-electron chi connectivity index (χ3n) is 4.52. The first-order chi connectivity index (χ1) is 11.7. The van der Waals surface area contributed by atoms with Gasteiger partial charge in [-0.05, 0) is 50.9 Å². The number of aliphatic imine (C=N–C) groups is 1. The third-order valence-corrected chi connectivity index (χ3v) is 4.52. The van der Waals surface area contributed by atoms with Crippen LogP contribution < -0.4 is 15.4 Å². The molecule has 6 heteroatoms. The first kappa shape index (κ1) is 22.0. The van der Waals surface area contributed by atoms with Crippen LogP contribution in [0, 0.1) is 12.8 Å². The van der Waals surface area contributed by atoms with Crippen molar-refractivity contribution in [1.29, 1.82) is 0 Å². The number of guanidine groups is 1. The summed E-state index contributed by atoms with van der Waals surface area (Å²) in [6.07, 6.45) is 2.60. The Morgan fingerprint density at radius 2 is 2.04 bits per heavy atom. The van der Waals surface area contributed by atoms with E-state index in [2.05, 4.69) is 46.5 Å². The lowest BCUT2D eigenvalue weighted by Crippen LogP contribution is -2.45. The van der Waals surface area contributed by atoms with E-state index in [4.69, 9.17) is 4.74 Å². The van der Waals surface area contributed by atoms with Gasteiger partial charge in [0.2, 0.25) is 0 Å². The van der Waals surface area contributed by atoms with E-state index >= 15 is 0 Å². The second-order valence-corrected chi connectivity index (χ2v) is 6.44. The maximum Gasteiger partial charge on any atom is 0.191 e. The summed E-state index contributed by atoms with van der Waals surface area (Å²) in [7, 11) is 1.81. The van der Waals surface area contributed by atoms with Crippen molar-refractivity contribution in [2.24, 2.45) is 10.9 Å². The minimum absolute atomic E-state index is 0. The van der Waals surface area contributed by atoms with E-state index in [1.165, 1.54) is 31.5 Å². The van der Waals surface area contributed by atoms with E-state index in [1.807, 2.05) is 19.2 Å². The zero-order valence-electron chi connectivity index (χ0n) is 15.8. The van der Waals surface area contributed by atoms with Crippen molar-refractivity contribution in [2.75, 3.05) is 46.4 Å². The van der Waals surface area contributed by atoms with Crippen LogP contribution >= 0.6 is 24.0 Å². The predicted molar refractivity (Wildman–Crippen MR) is 116 cm³/mol. The van der Waals surface area contributed by atoms with Crippen LogP contribution in [0.25, 0.3) is 0 Å². The number of nitrogens with one attached hydrogen (secondary N) is 2. The molecule has 142 valence electrons. The molecule has 1 heterocycles. The molecule has 1 unspecified atom stereocenters. The van der Waals surface area contributed by atoms with Crippen molar-refractivity contribution in [3.05, 3.63) is 29.8 Å². The molecule has 5 nitrogen and oxygen atoms in total. The van der Waals surface area contributed by atoms with E-state index in [0.29, 0.717) is 12.5 Å². The fourth-order valence-electron chi connectivity index (χ4n) is 3.04. The van der Waals surface area contributed by atoms with Crippen LogP contribution in [-0.4, -0.2) is 57.2 Å². The molecule has 2 N–H and O–H groups in total. The molecule has 2 rings (SSSR count). The molecule has 0 aromatic heterocycles. The molecule has 1 aromatic carbocycles. The summed E-state index contributed by atoms with van der Waals surface area (Å²) in [6.45, 7) is 10.2. The van der Waals surface area contributed by atoms with Gasteiger partial charge in [-0.1, -0.05) is 24.6 Å². The van der Waals surface area contributed by atoms with Gasteiger partial charge >= 0.3 is 0 Å². The van der Waals surface area contributed by atoms with Crippen molar-refractivity contribution in [3.8, 4) is 5.75 Å². The molecule has 0 amide bonds. The van der Waals surface area contributed by atoms with Gasteiger partial charge in [0, 0.05) is 20.1 Å². The van der Waals surface area contributed by atoms with E-state index < -0.39 is 0 Å². The Balaban J connectivity index is 0.00000312. The fraction of sp³-hybridized carbons (Fsp3) is 0.632. The molecule has 0 aliphatic carbocycles. The van der Waals surface area contributed by atoms with E-state index in [0.717, 1.165) is 31.3 Å². The van der Waals surface area contributed by atoms with E-state index in [-0.39, 0.29) is 24.0 Å². The molecule has 25 heavy (non-hydrogen) atoms. The molecular formula is C19H33IN4O. The molecule has 0 radical (unpaired) electrons. The Morgan fingerprint density at radius 1 is 1.28 bits per heavy atom. The molecule has 0 bridgehead atoms. The molecule has 0 saturated carbocycles. The third kappa shape index (κ3) is 8.27. The number of rotatable bonds is 7. The molecule has 1 aliphatic rings. The number of benzene rings is 1. The normalized spacial score (nSPS) is 18.4. The molecule has 1 aromatic rings. The molecule has 1 aliphatic heterocycles. The van der Waals surface area contributed by atoms with Crippen LogP contribution in [0.15, 0.2) is 29.3 Å². The standard InChI is InChI=1S/C19H32N4O.HI/c1-4-23-12-5-6-17(15-23)14-22-19(20-3)21-11-13-24-18-9-7-16(2)8-10-18;/h7-10,17H,4-6,11-15H2,1-3H3,(H2,20,21,22);1H. The first-order valence-corrected chi connectivity index (χ1v) is 9.07. The lowest BCUT2D eigenvalue weighted by Gasteiger charge is -2.32. The van der Waals surface area contributed by atoms with E-state index in [9.17, 15) is 0 Å². The summed E-state index contributed by atoms with van der Waals surface area (Å²) in [5, 5.41) is 6.76. The topological polar surface area (TPSA) is 48.9 Å². The Kier molecular flexibility index (Phi) is 10.9. The summed E-state index contributed by atoms with van der Waals surface area (Å²) in [5.41, 5.74) is 1.24. The zero-order valence-corrected chi connectivity index (χ0v) is 18.1. The molecule has 0 spiro atoms. The van der Waals surface area contributed by atoms with Crippen LogP contribution in [0.1, 0.15) is 25.3 Å². The molecule has 1 fully saturated rings. The number of nitrogens with zero attached hydrogens (tertiary/aromatic N) is 2. The van der Waals surface area contributed by atoms with Crippen LogP contribution in [0.4, 0.5) is 0 Å². The smallest absolute Gasteiger partial charge is 0.191 e. The number of likely N-dealkylation sites (tertiary alicyclic amines) is 1. The Bertz CT molecular complexity index is 507. The highest BCUT2D eigenvalue weighted by Gasteiger charge is 2.18. The van der Waals surface area contributed by atoms with Crippen molar-refractivity contribution < 1.29 is 4.74 Å². The van der Waals surface area contributed by atoms with Gasteiger partial charge in [-0.15, -0.1) is 24.0 Å². The van der Waals surface area contributed by atoms with E-state index in [1.54, 1.807) is 0 Å². The summed E-state index contributed by atoms with van der Waals surface area (Å²) >= 11 is 0. The maximum atomic E-state index is 5.73. The quantitative estimate of drug-likeness (QED) is 0.285. The van der Waals surface area contributed by atoms with Gasteiger partial charge in [0.25, 0.3) is 0 Å². The lowest BCUT2D eigenvalue weighted by molar-refractivity contribution is 0.183. The maximum absolute atomic E-state index is 5.73. The van der Waals surface area contributed by atoms with Gasteiger partial charge in [0.15, 0.2) is 5.96 Å². The summed E-state index contributed by atoms with van der Waals surface area (Å²) in [5.74, 6) is 2.48. The van der Waals surface area contributed by atoms with Gasteiger partial charge in [-0.2, -0.15) is 0 Å². The Labute approximate surface area is 169 Å².